The molecule has 0 unspecified atom stereocenters. The molecule has 2 aromatic carbocycles. The molecule has 0 bridgehead atoms. The molecule has 3 aromatic heterocycles. The van der Waals surface area contributed by atoms with Crippen molar-refractivity contribution in [2.24, 2.45) is 0 Å². The molecule has 0 saturated heterocycles. The first-order valence-electron chi connectivity index (χ1n) is 10.5. The Bertz CT molecular complexity index is 1480. The number of rotatable bonds is 8. The summed E-state index contributed by atoms with van der Waals surface area (Å²) < 4.78 is 14.1. The highest BCUT2D eigenvalue weighted by Crippen LogP contribution is 2.26. The lowest BCUT2D eigenvalue weighted by Crippen LogP contribution is -2.28. The van der Waals surface area contributed by atoms with Crippen molar-refractivity contribution < 1.29 is 9.47 Å². The molecule has 0 atom stereocenters. The van der Waals surface area contributed by atoms with E-state index in [0.717, 1.165) is 31.8 Å². The zero-order valence-corrected chi connectivity index (χ0v) is 19.4. The second-order valence-corrected chi connectivity index (χ2v) is 9.41. The predicted molar refractivity (Wildman–Crippen MR) is 133 cm³/mol. The summed E-state index contributed by atoms with van der Waals surface area (Å²) >= 11 is 1.79. The second kappa shape index (κ2) is 9.24. The van der Waals surface area contributed by atoms with Crippen molar-refractivity contribution in [1.29, 1.82) is 0 Å². The number of para-hydroxylation sites is 2. The number of aromatic nitrogens is 2. The van der Waals surface area contributed by atoms with Crippen LogP contribution in [0.15, 0.2) is 79.8 Å². The Hall–Kier alpha value is -3.76. The Morgan fingerprint density at radius 2 is 0.853 bits per heavy atom. The zero-order valence-electron chi connectivity index (χ0n) is 17.8. The van der Waals surface area contributed by atoms with E-state index in [1.807, 2.05) is 36.4 Å². The number of hydrogen-bond acceptors (Lipinski definition) is 8. The van der Waals surface area contributed by atoms with Crippen molar-refractivity contribution in [2.75, 3.05) is 13.2 Å². The van der Waals surface area contributed by atoms with Gasteiger partial charge in [0.05, 0.1) is 13.1 Å². The molecule has 0 N–H and O–H groups in total. The van der Waals surface area contributed by atoms with Gasteiger partial charge >= 0.3 is 0 Å². The number of fused-ring (bicyclic) bond motifs is 2. The van der Waals surface area contributed by atoms with Crippen LogP contribution in [0.2, 0.25) is 0 Å². The normalized spacial score (nSPS) is 11.3. The largest absolute Gasteiger partial charge is 0.492 e. The first kappa shape index (κ1) is 22.1. The maximum absolute atomic E-state index is 12.9. The topological polar surface area (TPSA) is 96.6 Å². The quantitative estimate of drug-likeness (QED) is 0.329. The van der Waals surface area contributed by atoms with Gasteiger partial charge in [-0.3, -0.25) is 28.3 Å². The molecule has 3 heterocycles. The minimum atomic E-state index is -0.480. The molecule has 0 aliphatic rings. The molecule has 0 fully saturated rings. The predicted octanol–water partition coefficient (Wildman–Crippen LogP) is 2.76. The first-order chi connectivity index (χ1) is 16.5. The highest BCUT2D eigenvalue weighted by atomic mass is 32.1. The van der Waals surface area contributed by atoms with Crippen LogP contribution in [0.1, 0.15) is 0 Å². The van der Waals surface area contributed by atoms with E-state index in [2.05, 4.69) is 0 Å². The number of benzene rings is 2. The SMILES string of the molecule is O=c1c2sc3c(=O)n(CCOc4ccccc4)c(=O)c3sc2c(=O)n1CCOc1ccccc1. The summed E-state index contributed by atoms with van der Waals surface area (Å²) in [4.78, 5) is 51.5. The van der Waals surface area contributed by atoms with Gasteiger partial charge in [-0.2, -0.15) is 0 Å². The Morgan fingerprint density at radius 3 is 1.18 bits per heavy atom. The van der Waals surface area contributed by atoms with Crippen LogP contribution in [-0.2, 0) is 13.1 Å². The second-order valence-electron chi connectivity index (χ2n) is 7.37. The molecule has 34 heavy (non-hydrogen) atoms. The molecule has 0 saturated carbocycles. The van der Waals surface area contributed by atoms with E-state index in [0.29, 0.717) is 11.5 Å². The smallest absolute Gasteiger partial charge is 0.272 e. The molecule has 0 radical (unpaired) electrons. The average molecular weight is 495 g/mol. The van der Waals surface area contributed by atoms with Crippen LogP contribution in [-0.4, -0.2) is 22.3 Å². The Balaban J connectivity index is 1.43. The van der Waals surface area contributed by atoms with Crippen LogP contribution in [0.25, 0.3) is 18.8 Å². The highest BCUT2D eigenvalue weighted by molar-refractivity contribution is 7.36. The molecule has 5 aromatic rings. The molecular formula is C24H18N2O6S2. The fourth-order valence-electron chi connectivity index (χ4n) is 3.58. The highest BCUT2D eigenvalue weighted by Gasteiger charge is 2.21. The fourth-order valence-corrected chi connectivity index (χ4v) is 5.99. The van der Waals surface area contributed by atoms with Gasteiger partial charge in [0.1, 0.15) is 43.5 Å². The maximum Gasteiger partial charge on any atom is 0.272 e. The lowest BCUT2D eigenvalue weighted by molar-refractivity contribution is 0.295. The van der Waals surface area contributed by atoms with Crippen molar-refractivity contribution in [3.8, 4) is 11.5 Å². The van der Waals surface area contributed by atoms with Gasteiger partial charge in [-0.1, -0.05) is 36.4 Å². The van der Waals surface area contributed by atoms with Gasteiger partial charge in [-0.15, -0.1) is 22.7 Å². The third-order valence-corrected chi connectivity index (χ3v) is 7.82. The third-order valence-electron chi connectivity index (χ3n) is 5.23. The number of nitrogens with zero attached hydrogens (tertiary/aromatic N) is 2. The maximum atomic E-state index is 12.9. The Kier molecular flexibility index (Phi) is 5.99. The summed E-state index contributed by atoms with van der Waals surface area (Å²) in [5.74, 6) is 1.27. The summed E-state index contributed by atoms with van der Waals surface area (Å²) in [6, 6.07) is 18.2. The summed E-state index contributed by atoms with van der Waals surface area (Å²) in [7, 11) is 0. The number of hydrogen-bond donors (Lipinski definition) is 0. The van der Waals surface area contributed by atoms with E-state index in [1.165, 1.54) is 0 Å². The minimum absolute atomic E-state index is 0.0657. The van der Waals surface area contributed by atoms with E-state index in [-0.39, 0.29) is 45.1 Å². The summed E-state index contributed by atoms with van der Waals surface area (Å²) in [5, 5.41) is 0. The van der Waals surface area contributed by atoms with Crippen molar-refractivity contribution >= 4 is 41.5 Å². The summed E-state index contributed by atoms with van der Waals surface area (Å²) in [6.45, 7) is 0.404. The third kappa shape index (κ3) is 4.02. The van der Waals surface area contributed by atoms with E-state index < -0.39 is 22.2 Å². The molecule has 8 nitrogen and oxygen atoms in total. The van der Waals surface area contributed by atoms with E-state index in [9.17, 15) is 19.2 Å². The average Bonchev–Trinajstić information content (AvgIpc) is 3.24. The van der Waals surface area contributed by atoms with Gasteiger partial charge in [-0.05, 0) is 24.3 Å². The molecule has 172 valence electrons. The summed E-state index contributed by atoms with van der Waals surface area (Å²) in [6.07, 6.45) is 0. The molecule has 5 rings (SSSR count). The van der Waals surface area contributed by atoms with E-state index in [4.69, 9.17) is 9.47 Å². The first-order valence-corrected chi connectivity index (χ1v) is 12.1. The standard InChI is InChI=1S/C24H18N2O6S2/c27-21-17-18(22(28)25(21)11-13-31-15-7-3-1-4-8-15)34-20-19(33-17)23(29)26(24(20)30)12-14-32-16-9-5-2-6-10-16/h1-10H,11-14H2. The molecule has 0 aliphatic heterocycles. The van der Waals surface area contributed by atoms with Crippen molar-refractivity contribution in [3.05, 3.63) is 102 Å². The van der Waals surface area contributed by atoms with Gasteiger partial charge < -0.3 is 9.47 Å². The number of ether oxygens (including phenoxy) is 2. The van der Waals surface area contributed by atoms with Crippen LogP contribution in [0, 0.1) is 0 Å². The Morgan fingerprint density at radius 1 is 0.529 bits per heavy atom. The Labute approximate surface area is 199 Å². The van der Waals surface area contributed by atoms with Crippen LogP contribution in [0.5, 0.6) is 11.5 Å². The van der Waals surface area contributed by atoms with Gasteiger partial charge in [0, 0.05) is 0 Å². The molecular weight excluding hydrogens is 476 g/mol. The monoisotopic (exact) mass is 494 g/mol. The van der Waals surface area contributed by atoms with Gasteiger partial charge in [0.15, 0.2) is 0 Å². The lowest BCUT2D eigenvalue weighted by Gasteiger charge is -2.05. The van der Waals surface area contributed by atoms with Crippen molar-refractivity contribution in [1.82, 2.24) is 9.13 Å². The van der Waals surface area contributed by atoms with Crippen LogP contribution < -0.4 is 31.7 Å². The lowest BCUT2D eigenvalue weighted by atomic mass is 10.3. The minimum Gasteiger partial charge on any atom is -0.492 e. The van der Waals surface area contributed by atoms with Crippen LogP contribution in [0.4, 0.5) is 0 Å². The van der Waals surface area contributed by atoms with Gasteiger partial charge in [-0.25, -0.2) is 0 Å². The fraction of sp³-hybridized carbons (Fsp3) is 0.167. The van der Waals surface area contributed by atoms with Crippen molar-refractivity contribution in [3.63, 3.8) is 0 Å². The van der Waals surface area contributed by atoms with E-state index in [1.54, 1.807) is 24.3 Å². The van der Waals surface area contributed by atoms with Crippen molar-refractivity contribution in [2.45, 2.75) is 13.1 Å². The van der Waals surface area contributed by atoms with Gasteiger partial charge in [0.2, 0.25) is 0 Å². The van der Waals surface area contributed by atoms with Crippen LogP contribution >= 0.6 is 22.7 Å². The molecule has 0 aliphatic carbocycles. The van der Waals surface area contributed by atoms with Gasteiger partial charge in [0.25, 0.3) is 22.2 Å². The molecule has 10 heteroatoms. The molecule has 0 spiro atoms. The van der Waals surface area contributed by atoms with E-state index >= 15 is 0 Å². The zero-order chi connectivity index (χ0) is 23.7. The molecule has 0 amide bonds. The van der Waals surface area contributed by atoms with Crippen LogP contribution in [0.3, 0.4) is 0 Å². The summed E-state index contributed by atoms with van der Waals surface area (Å²) in [5.41, 5.74) is -1.92.